The van der Waals surface area contributed by atoms with E-state index in [1.807, 2.05) is 4.90 Å². The van der Waals surface area contributed by atoms with Gasteiger partial charge >= 0.3 is 0 Å². The lowest BCUT2D eigenvalue weighted by molar-refractivity contribution is -0.404. The molecule has 0 unspecified atom stereocenters. The van der Waals surface area contributed by atoms with Gasteiger partial charge in [0.1, 0.15) is 0 Å². The van der Waals surface area contributed by atoms with Crippen molar-refractivity contribution in [2.45, 2.75) is 0 Å². The molecular formula is C7H10ClN3O2. The number of nitrogens with zero attached hydrogens (tertiary/aromatic N) is 2. The highest BCUT2D eigenvalue weighted by molar-refractivity contribution is 6.25. The summed E-state index contributed by atoms with van der Waals surface area (Å²) in [6, 6.07) is 0. The first-order valence-corrected chi connectivity index (χ1v) is 4.27. The number of halogens is 1. The molecule has 13 heavy (non-hydrogen) atoms. The number of hydrogen-bond acceptors (Lipinski definition) is 4. The molecule has 6 heteroatoms. The van der Waals surface area contributed by atoms with Crippen LogP contribution in [-0.2, 0) is 0 Å². The summed E-state index contributed by atoms with van der Waals surface area (Å²) in [6.07, 6.45) is 2.71. The van der Waals surface area contributed by atoms with Crippen LogP contribution in [0.15, 0.2) is 23.6 Å². The third-order valence-corrected chi connectivity index (χ3v) is 1.85. The summed E-state index contributed by atoms with van der Waals surface area (Å²) in [7, 11) is 0. The smallest absolute Gasteiger partial charge is 0.274 e. The fourth-order valence-corrected chi connectivity index (χ4v) is 1.21. The van der Waals surface area contributed by atoms with Crippen molar-refractivity contribution in [3.63, 3.8) is 0 Å². The zero-order chi connectivity index (χ0) is 9.68. The average Bonchev–Trinajstić information content (AvgIpc) is 2.48. The molecule has 1 N–H and O–H groups in total. The molecule has 1 aliphatic heterocycles. The number of hydrogen-bond donors (Lipinski definition) is 1. The lowest BCUT2D eigenvalue weighted by Gasteiger charge is -2.13. The molecule has 1 aliphatic rings. The minimum atomic E-state index is -0.467. The van der Waals surface area contributed by atoms with E-state index in [1.54, 1.807) is 6.08 Å². The Kier molecular flexibility index (Phi) is 3.57. The molecule has 0 radical (unpaired) electrons. The first-order chi connectivity index (χ1) is 6.24. The van der Waals surface area contributed by atoms with Crippen molar-refractivity contribution in [2.75, 3.05) is 19.6 Å². The molecule has 0 spiro atoms. The van der Waals surface area contributed by atoms with Gasteiger partial charge in [0.05, 0.1) is 4.92 Å². The Labute approximate surface area is 80.8 Å². The van der Waals surface area contributed by atoms with Crippen LogP contribution in [-0.4, -0.2) is 29.5 Å². The van der Waals surface area contributed by atoms with Gasteiger partial charge < -0.3 is 10.2 Å². The van der Waals surface area contributed by atoms with E-state index in [2.05, 4.69) is 5.32 Å². The summed E-state index contributed by atoms with van der Waals surface area (Å²) < 4.78 is 0. The second-order valence-electron chi connectivity index (χ2n) is 2.53. The molecule has 0 atom stereocenters. The summed E-state index contributed by atoms with van der Waals surface area (Å²) in [5, 5.41) is 13.1. The summed E-state index contributed by atoms with van der Waals surface area (Å²) in [6.45, 7) is 2.09. The predicted molar refractivity (Wildman–Crippen MR) is 49.6 cm³/mol. The van der Waals surface area contributed by atoms with E-state index < -0.39 is 4.92 Å². The van der Waals surface area contributed by atoms with Gasteiger partial charge in [-0.25, -0.2) is 0 Å². The van der Waals surface area contributed by atoms with Crippen molar-refractivity contribution in [3.05, 3.63) is 33.7 Å². The Morgan fingerprint density at radius 1 is 1.77 bits per heavy atom. The summed E-state index contributed by atoms with van der Waals surface area (Å²) in [5.74, 6) is 0.541. The lowest BCUT2D eigenvalue weighted by Crippen LogP contribution is -2.20. The molecule has 5 nitrogen and oxygen atoms in total. The van der Waals surface area contributed by atoms with Crippen molar-refractivity contribution < 1.29 is 4.92 Å². The van der Waals surface area contributed by atoms with Crippen LogP contribution < -0.4 is 5.32 Å². The number of rotatable bonds is 3. The van der Waals surface area contributed by atoms with Gasteiger partial charge in [0.2, 0.25) is 0 Å². The standard InChI is InChI=1S/C7H10ClN3O2/c8-2-1-4-10-5-3-9-7(10)6-11(12)13/h1-2,6,9H,3-5H2/b2-1+,7-6-. The molecule has 0 aromatic carbocycles. The minimum absolute atomic E-state index is 0.467. The first kappa shape index (κ1) is 9.85. The van der Waals surface area contributed by atoms with Gasteiger partial charge in [-0.15, -0.1) is 0 Å². The van der Waals surface area contributed by atoms with E-state index in [4.69, 9.17) is 11.6 Å². The highest BCUT2D eigenvalue weighted by atomic mass is 35.5. The van der Waals surface area contributed by atoms with Gasteiger partial charge in [-0.1, -0.05) is 17.7 Å². The van der Waals surface area contributed by atoms with Gasteiger partial charge in [0.15, 0.2) is 5.82 Å². The quantitative estimate of drug-likeness (QED) is 0.543. The molecule has 0 aromatic rings. The number of nitro groups is 1. The van der Waals surface area contributed by atoms with Crippen LogP contribution >= 0.6 is 11.6 Å². The normalized spacial score (nSPS) is 19.8. The molecule has 0 bridgehead atoms. The highest BCUT2D eigenvalue weighted by Crippen LogP contribution is 2.06. The molecule has 0 aromatic heterocycles. The zero-order valence-corrected chi connectivity index (χ0v) is 7.70. The van der Waals surface area contributed by atoms with Crippen LogP contribution in [0.1, 0.15) is 0 Å². The average molecular weight is 204 g/mol. The van der Waals surface area contributed by atoms with E-state index in [0.29, 0.717) is 12.4 Å². The van der Waals surface area contributed by atoms with Crippen LogP contribution in [0.4, 0.5) is 0 Å². The van der Waals surface area contributed by atoms with Gasteiger partial charge in [-0.2, -0.15) is 0 Å². The van der Waals surface area contributed by atoms with Crippen molar-refractivity contribution >= 4 is 11.6 Å². The molecule has 1 fully saturated rings. The molecule has 0 amide bonds. The molecule has 1 saturated heterocycles. The maximum absolute atomic E-state index is 10.2. The minimum Gasteiger partial charge on any atom is -0.365 e. The fraction of sp³-hybridized carbons (Fsp3) is 0.429. The molecular weight excluding hydrogens is 194 g/mol. The van der Waals surface area contributed by atoms with E-state index in [9.17, 15) is 10.1 Å². The lowest BCUT2D eigenvalue weighted by atomic mass is 10.5. The van der Waals surface area contributed by atoms with Crippen molar-refractivity contribution in [3.8, 4) is 0 Å². The first-order valence-electron chi connectivity index (χ1n) is 3.83. The van der Waals surface area contributed by atoms with E-state index >= 15 is 0 Å². The molecule has 72 valence electrons. The Morgan fingerprint density at radius 2 is 2.54 bits per heavy atom. The van der Waals surface area contributed by atoms with E-state index in [0.717, 1.165) is 19.3 Å². The Hall–Kier alpha value is -1.23. The Bertz CT molecular complexity index is 252. The maximum Gasteiger partial charge on any atom is 0.274 e. The molecule has 0 aliphatic carbocycles. The zero-order valence-electron chi connectivity index (χ0n) is 6.94. The predicted octanol–water partition coefficient (Wildman–Crippen LogP) is 0.720. The topological polar surface area (TPSA) is 58.4 Å². The van der Waals surface area contributed by atoms with Crippen molar-refractivity contribution in [1.29, 1.82) is 0 Å². The molecule has 1 rings (SSSR count). The van der Waals surface area contributed by atoms with Crippen LogP contribution in [0.3, 0.4) is 0 Å². The van der Waals surface area contributed by atoms with E-state index in [-0.39, 0.29) is 0 Å². The summed E-state index contributed by atoms with van der Waals surface area (Å²) in [5.41, 5.74) is 1.40. The summed E-state index contributed by atoms with van der Waals surface area (Å²) >= 11 is 5.35. The van der Waals surface area contributed by atoms with Crippen molar-refractivity contribution in [2.24, 2.45) is 0 Å². The fourth-order valence-electron chi connectivity index (χ4n) is 1.14. The SMILES string of the molecule is O=[N+]([O-])/C=C1/NCCN1C/C=C/Cl. The van der Waals surface area contributed by atoms with Gasteiger partial charge in [0, 0.05) is 25.2 Å². The van der Waals surface area contributed by atoms with Crippen LogP contribution in [0.25, 0.3) is 0 Å². The number of nitrogens with one attached hydrogen (secondary N) is 1. The third kappa shape index (κ3) is 2.95. The van der Waals surface area contributed by atoms with Gasteiger partial charge in [-0.3, -0.25) is 10.1 Å². The van der Waals surface area contributed by atoms with Gasteiger partial charge in [-0.05, 0) is 0 Å². The molecule has 0 saturated carbocycles. The maximum atomic E-state index is 10.2. The van der Waals surface area contributed by atoms with E-state index in [1.165, 1.54) is 5.54 Å². The Balaban J connectivity index is 2.58. The highest BCUT2D eigenvalue weighted by Gasteiger charge is 2.17. The third-order valence-electron chi connectivity index (χ3n) is 1.67. The second kappa shape index (κ2) is 4.71. The second-order valence-corrected chi connectivity index (χ2v) is 2.79. The van der Waals surface area contributed by atoms with Crippen LogP contribution in [0.5, 0.6) is 0 Å². The summed E-state index contributed by atoms with van der Waals surface area (Å²) in [4.78, 5) is 11.6. The van der Waals surface area contributed by atoms with Crippen LogP contribution in [0.2, 0.25) is 0 Å². The van der Waals surface area contributed by atoms with Gasteiger partial charge in [0.25, 0.3) is 6.20 Å². The largest absolute Gasteiger partial charge is 0.365 e. The van der Waals surface area contributed by atoms with Crippen molar-refractivity contribution in [1.82, 2.24) is 10.2 Å². The molecule has 1 heterocycles. The monoisotopic (exact) mass is 203 g/mol. The Morgan fingerprint density at radius 3 is 3.15 bits per heavy atom. The van der Waals surface area contributed by atoms with Crippen LogP contribution in [0, 0.1) is 10.1 Å².